The topological polar surface area (TPSA) is 63.5 Å². The summed E-state index contributed by atoms with van der Waals surface area (Å²) in [7, 11) is 0. The molecule has 0 aliphatic heterocycles. The second kappa shape index (κ2) is 8.49. The number of rotatable bonds is 6. The van der Waals surface area contributed by atoms with Crippen LogP contribution in [0.1, 0.15) is 21.5 Å². The molecule has 0 aliphatic rings. The lowest BCUT2D eigenvalue weighted by molar-refractivity contribution is 0.0232. The van der Waals surface area contributed by atoms with Crippen molar-refractivity contribution in [1.29, 1.82) is 0 Å². The number of hydrogen-bond donors (Lipinski definition) is 2. The van der Waals surface area contributed by atoms with Crippen molar-refractivity contribution in [3.8, 4) is 0 Å². The predicted octanol–water partition coefficient (Wildman–Crippen LogP) is 5.08. The van der Waals surface area contributed by atoms with Crippen LogP contribution in [0, 0.1) is 22.1 Å². The quantitative estimate of drug-likeness (QED) is 0.379. The maximum Gasteiger partial charge on any atom is 0.277 e. The SMILES string of the molecule is Cc1cc(I)ccc1Nc1c(C(=O)NOCc2ccoc2)ccc(F)c1F. The number of nitrogens with one attached hydrogen (secondary N) is 2. The highest BCUT2D eigenvalue weighted by Gasteiger charge is 2.20. The maximum absolute atomic E-state index is 14.4. The van der Waals surface area contributed by atoms with E-state index < -0.39 is 17.5 Å². The van der Waals surface area contributed by atoms with E-state index >= 15 is 0 Å². The molecule has 0 radical (unpaired) electrons. The van der Waals surface area contributed by atoms with Crippen LogP contribution >= 0.6 is 22.6 Å². The summed E-state index contributed by atoms with van der Waals surface area (Å²) in [6, 6.07) is 9.20. The van der Waals surface area contributed by atoms with Gasteiger partial charge in [-0.05, 0) is 71.5 Å². The van der Waals surface area contributed by atoms with Crippen LogP contribution in [-0.4, -0.2) is 5.91 Å². The lowest BCUT2D eigenvalue weighted by Gasteiger charge is -2.15. The van der Waals surface area contributed by atoms with Gasteiger partial charge in [0.05, 0.1) is 23.8 Å². The number of hydrogen-bond acceptors (Lipinski definition) is 4. The molecular weight excluding hydrogens is 469 g/mol. The van der Waals surface area contributed by atoms with Crippen LogP contribution in [-0.2, 0) is 11.4 Å². The summed E-state index contributed by atoms with van der Waals surface area (Å²) in [5, 5.41) is 2.81. The van der Waals surface area contributed by atoms with Crippen LogP contribution in [0.25, 0.3) is 0 Å². The van der Waals surface area contributed by atoms with Gasteiger partial charge in [0.1, 0.15) is 6.61 Å². The fourth-order valence-corrected chi connectivity index (χ4v) is 3.03. The average Bonchev–Trinajstić information content (AvgIpc) is 3.14. The zero-order chi connectivity index (χ0) is 19.4. The monoisotopic (exact) mass is 484 g/mol. The zero-order valence-corrected chi connectivity index (χ0v) is 16.3. The standard InChI is InChI=1S/C19H15F2IN2O3/c1-11-8-13(22)2-5-16(11)23-18-14(3-4-15(20)17(18)21)19(25)24-27-10-12-6-7-26-9-12/h2-9,23H,10H2,1H3,(H,24,25). The third kappa shape index (κ3) is 4.64. The molecule has 2 aromatic carbocycles. The third-order valence-corrected chi connectivity index (χ3v) is 4.44. The first kappa shape index (κ1) is 19.3. The Morgan fingerprint density at radius 1 is 1.22 bits per heavy atom. The molecular formula is C19H15F2IN2O3. The number of benzene rings is 2. The molecule has 0 atom stereocenters. The molecule has 0 saturated heterocycles. The molecule has 0 aliphatic carbocycles. The molecule has 0 spiro atoms. The van der Waals surface area contributed by atoms with Crippen LogP contribution < -0.4 is 10.8 Å². The van der Waals surface area contributed by atoms with E-state index in [1.165, 1.54) is 18.6 Å². The molecule has 140 valence electrons. The molecule has 0 saturated carbocycles. The number of furan rings is 1. The average molecular weight is 484 g/mol. The minimum atomic E-state index is -1.14. The van der Waals surface area contributed by atoms with Crippen molar-refractivity contribution >= 4 is 39.9 Å². The van der Waals surface area contributed by atoms with Gasteiger partial charge in [0.2, 0.25) is 0 Å². The fourth-order valence-electron chi connectivity index (χ4n) is 2.38. The van der Waals surface area contributed by atoms with E-state index in [0.29, 0.717) is 11.3 Å². The van der Waals surface area contributed by atoms with Gasteiger partial charge in [-0.15, -0.1) is 0 Å². The molecule has 8 heteroatoms. The van der Waals surface area contributed by atoms with E-state index in [4.69, 9.17) is 9.25 Å². The number of aryl methyl sites for hydroxylation is 1. The summed E-state index contributed by atoms with van der Waals surface area (Å²) >= 11 is 2.15. The van der Waals surface area contributed by atoms with Crippen LogP contribution in [0.15, 0.2) is 53.3 Å². The smallest absolute Gasteiger partial charge is 0.277 e. The Morgan fingerprint density at radius 2 is 2.04 bits per heavy atom. The highest BCUT2D eigenvalue weighted by atomic mass is 127. The highest BCUT2D eigenvalue weighted by Crippen LogP contribution is 2.28. The number of hydroxylamine groups is 1. The van der Waals surface area contributed by atoms with Gasteiger partial charge in [-0.3, -0.25) is 9.63 Å². The first-order chi connectivity index (χ1) is 13.0. The lowest BCUT2D eigenvalue weighted by Crippen LogP contribution is -2.25. The van der Waals surface area contributed by atoms with Gasteiger partial charge in [-0.1, -0.05) is 0 Å². The van der Waals surface area contributed by atoms with E-state index in [-0.39, 0.29) is 17.9 Å². The summed E-state index contributed by atoms with van der Waals surface area (Å²) in [6.07, 6.45) is 2.94. The molecule has 3 aromatic rings. The molecule has 1 heterocycles. The Morgan fingerprint density at radius 3 is 2.74 bits per heavy atom. The van der Waals surface area contributed by atoms with Gasteiger partial charge in [0.25, 0.3) is 5.91 Å². The number of carbonyl (C=O) groups is 1. The maximum atomic E-state index is 14.4. The summed E-state index contributed by atoms with van der Waals surface area (Å²) in [4.78, 5) is 17.5. The molecule has 0 fully saturated rings. The number of carbonyl (C=O) groups excluding carboxylic acids is 1. The Bertz CT molecular complexity index is 962. The molecule has 2 N–H and O–H groups in total. The molecule has 27 heavy (non-hydrogen) atoms. The van der Waals surface area contributed by atoms with E-state index in [0.717, 1.165) is 15.2 Å². The molecule has 1 aromatic heterocycles. The van der Waals surface area contributed by atoms with Gasteiger partial charge < -0.3 is 9.73 Å². The van der Waals surface area contributed by atoms with Crippen molar-refractivity contribution in [3.05, 3.63) is 80.8 Å². The Labute approximate surface area is 167 Å². The Kier molecular flexibility index (Phi) is 6.07. The molecule has 1 amide bonds. The second-order valence-electron chi connectivity index (χ2n) is 5.72. The Balaban J connectivity index is 1.82. The minimum Gasteiger partial charge on any atom is -0.472 e. The summed E-state index contributed by atoms with van der Waals surface area (Å²) in [5.41, 5.74) is 3.98. The molecule has 0 unspecified atom stereocenters. The van der Waals surface area contributed by atoms with Gasteiger partial charge in [-0.2, -0.15) is 0 Å². The molecule has 5 nitrogen and oxygen atoms in total. The van der Waals surface area contributed by atoms with E-state index in [9.17, 15) is 13.6 Å². The van der Waals surface area contributed by atoms with Gasteiger partial charge in [-0.25, -0.2) is 14.3 Å². The van der Waals surface area contributed by atoms with Crippen LogP contribution in [0.2, 0.25) is 0 Å². The number of amides is 1. The van der Waals surface area contributed by atoms with Crippen molar-refractivity contribution in [2.75, 3.05) is 5.32 Å². The number of anilines is 2. The van der Waals surface area contributed by atoms with Crippen molar-refractivity contribution in [2.24, 2.45) is 0 Å². The van der Waals surface area contributed by atoms with Gasteiger partial charge in [0, 0.05) is 14.8 Å². The minimum absolute atomic E-state index is 0.0743. The van der Waals surface area contributed by atoms with Crippen molar-refractivity contribution in [3.63, 3.8) is 0 Å². The number of halogens is 3. The third-order valence-electron chi connectivity index (χ3n) is 3.77. The summed E-state index contributed by atoms with van der Waals surface area (Å²) in [6.45, 7) is 1.90. The first-order valence-corrected chi connectivity index (χ1v) is 8.98. The molecule has 3 rings (SSSR count). The van der Waals surface area contributed by atoms with Gasteiger partial charge in [0.15, 0.2) is 11.6 Å². The van der Waals surface area contributed by atoms with Crippen LogP contribution in [0.4, 0.5) is 20.2 Å². The lowest BCUT2D eigenvalue weighted by atomic mass is 10.1. The summed E-state index contributed by atoms with van der Waals surface area (Å²) < 4.78 is 34.0. The van der Waals surface area contributed by atoms with Crippen molar-refractivity contribution < 1.29 is 22.8 Å². The first-order valence-electron chi connectivity index (χ1n) is 7.90. The second-order valence-corrected chi connectivity index (χ2v) is 6.97. The highest BCUT2D eigenvalue weighted by molar-refractivity contribution is 14.1. The van der Waals surface area contributed by atoms with Crippen molar-refractivity contribution in [1.82, 2.24) is 5.48 Å². The fraction of sp³-hybridized carbons (Fsp3) is 0.105. The largest absolute Gasteiger partial charge is 0.472 e. The zero-order valence-electron chi connectivity index (χ0n) is 14.2. The van der Waals surface area contributed by atoms with E-state index in [2.05, 4.69) is 33.4 Å². The summed E-state index contributed by atoms with van der Waals surface area (Å²) in [5.74, 6) is -2.91. The van der Waals surface area contributed by atoms with Gasteiger partial charge >= 0.3 is 0 Å². The molecule has 0 bridgehead atoms. The van der Waals surface area contributed by atoms with Crippen LogP contribution in [0.5, 0.6) is 0 Å². The van der Waals surface area contributed by atoms with Crippen molar-refractivity contribution in [2.45, 2.75) is 13.5 Å². The van der Waals surface area contributed by atoms with E-state index in [1.54, 1.807) is 12.1 Å². The Hall–Kier alpha value is -2.46. The van der Waals surface area contributed by atoms with E-state index in [1.807, 2.05) is 19.1 Å². The normalized spacial score (nSPS) is 10.7. The van der Waals surface area contributed by atoms with Crippen LogP contribution in [0.3, 0.4) is 0 Å². The predicted molar refractivity (Wildman–Crippen MR) is 104 cm³/mol.